The highest BCUT2D eigenvalue weighted by Gasteiger charge is 2.52. The topological polar surface area (TPSA) is 48.0 Å². The average molecular weight is 359 g/mol. The van der Waals surface area contributed by atoms with Crippen molar-refractivity contribution in [1.82, 2.24) is 4.90 Å². The summed E-state index contributed by atoms with van der Waals surface area (Å²) in [6.07, 6.45) is -0.279. The second-order valence-electron chi connectivity index (χ2n) is 9.33. The quantitative estimate of drug-likeness (QED) is 0.716. The van der Waals surface area contributed by atoms with E-state index in [-0.39, 0.29) is 23.3 Å². The zero-order valence-electron chi connectivity index (χ0n) is 17.2. The number of fused-ring (bicyclic) bond motifs is 1. The molecule has 0 unspecified atom stereocenters. The molecule has 142 valence electrons. The number of carbonyl (C=O) groups is 1. The van der Waals surface area contributed by atoms with Crippen LogP contribution in [-0.4, -0.2) is 34.9 Å². The van der Waals surface area contributed by atoms with Crippen LogP contribution in [0.15, 0.2) is 18.2 Å². The zero-order chi connectivity index (χ0) is 19.5. The van der Waals surface area contributed by atoms with Crippen molar-refractivity contribution in [2.24, 2.45) is 0 Å². The van der Waals surface area contributed by atoms with Crippen LogP contribution >= 0.6 is 0 Å². The van der Waals surface area contributed by atoms with Gasteiger partial charge in [-0.15, -0.1) is 0 Å². The van der Waals surface area contributed by atoms with E-state index in [2.05, 4.69) is 12.1 Å². The minimum atomic E-state index is -0.501. The van der Waals surface area contributed by atoms with E-state index in [0.717, 1.165) is 16.6 Å². The van der Waals surface area contributed by atoms with Crippen LogP contribution in [0.5, 0.6) is 0 Å². The van der Waals surface area contributed by atoms with Gasteiger partial charge in [-0.3, -0.25) is 4.90 Å². The Hall–Kier alpha value is -1.53. The van der Waals surface area contributed by atoms with Crippen LogP contribution in [0.3, 0.4) is 0 Å². The first-order valence-electron chi connectivity index (χ1n) is 9.29. The fourth-order valence-corrected chi connectivity index (χ4v) is 3.33. The third-order valence-electron chi connectivity index (χ3n) is 5.58. The molecule has 0 aliphatic carbocycles. The van der Waals surface area contributed by atoms with E-state index in [1.807, 2.05) is 61.5 Å². The molecule has 0 saturated carbocycles. The number of benzene rings is 1. The van der Waals surface area contributed by atoms with Crippen molar-refractivity contribution in [2.75, 3.05) is 0 Å². The summed E-state index contributed by atoms with van der Waals surface area (Å²) in [6, 6.07) is 6.20. The van der Waals surface area contributed by atoms with Gasteiger partial charge in [-0.25, -0.2) is 4.79 Å². The molecule has 1 aromatic rings. The fraction of sp³-hybridized carbons (Fsp3) is 0.650. The Kier molecular flexibility index (Phi) is 4.44. The van der Waals surface area contributed by atoms with Crippen molar-refractivity contribution >= 4 is 18.7 Å². The zero-order valence-corrected chi connectivity index (χ0v) is 17.2. The molecule has 0 spiro atoms. The molecule has 2 heterocycles. The summed E-state index contributed by atoms with van der Waals surface area (Å²) >= 11 is 0. The van der Waals surface area contributed by atoms with Crippen molar-refractivity contribution < 1.29 is 18.8 Å². The summed E-state index contributed by atoms with van der Waals surface area (Å²) in [6.45, 7) is 16.4. The van der Waals surface area contributed by atoms with Gasteiger partial charge < -0.3 is 14.0 Å². The summed E-state index contributed by atoms with van der Waals surface area (Å²) in [5.41, 5.74) is 2.02. The lowest BCUT2D eigenvalue weighted by Gasteiger charge is -2.32. The number of rotatable bonds is 1. The van der Waals surface area contributed by atoms with E-state index in [9.17, 15) is 4.79 Å². The molecule has 1 amide bonds. The van der Waals surface area contributed by atoms with Gasteiger partial charge in [0.05, 0.1) is 17.2 Å². The Labute approximate surface area is 157 Å². The van der Waals surface area contributed by atoms with Crippen LogP contribution in [0.25, 0.3) is 0 Å². The number of amides is 1. The minimum Gasteiger partial charge on any atom is -0.444 e. The highest BCUT2D eigenvalue weighted by molar-refractivity contribution is 6.62. The predicted molar refractivity (Wildman–Crippen MR) is 102 cm³/mol. The van der Waals surface area contributed by atoms with Gasteiger partial charge >= 0.3 is 13.2 Å². The molecular formula is C20H30BNO4. The molecule has 0 N–H and O–H groups in total. The van der Waals surface area contributed by atoms with Crippen molar-refractivity contribution in [2.45, 2.75) is 84.8 Å². The van der Waals surface area contributed by atoms with E-state index in [1.54, 1.807) is 4.90 Å². The van der Waals surface area contributed by atoms with Crippen molar-refractivity contribution in [3.8, 4) is 0 Å². The molecule has 1 atom stereocenters. The Balaban J connectivity index is 1.80. The fourth-order valence-electron chi connectivity index (χ4n) is 3.33. The molecule has 6 heteroatoms. The molecule has 26 heavy (non-hydrogen) atoms. The largest absolute Gasteiger partial charge is 0.494 e. The summed E-state index contributed by atoms with van der Waals surface area (Å²) in [7, 11) is -0.392. The molecule has 0 radical (unpaired) electrons. The number of hydrogen-bond donors (Lipinski definition) is 0. The molecule has 1 fully saturated rings. The van der Waals surface area contributed by atoms with Crippen molar-refractivity contribution in [3.05, 3.63) is 29.3 Å². The van der Waals surface area contributed by atoms with E-state index in [0.29, 0.717) is 6.54 Å². The first-order valence-corrected chi connectivity index (χ1v) is 9.29. The van der Waals surface area contributed by atoms with Gasteiger partial charge in [0, 0.05) is 6.54 Å². The van der Waals surface area contributed by atoms with Gasteiger partial charge in [-0.1, -0.05) is 18.2 Å². The van der Waals surface area contributed by atoms with E-state index in [4.69, 9.17) is 14.0 Å². The number of hydrogen-bond acceptors (Lipinski definition) is 4. The highest BCUT2D eigenvalue weighted by Crippen LogP contribution is 2.38. The maximum absolute atomic E-state index is 12.5. The SMILES string of the molecule is C[C@H]1c2ccc(B3OC(C)(C)C(C)(C)O3)cc2CN1C(=O)OC(C)(C)C. The molecule has 2 aliphatic heterocycles. The van der Waals surface area contributed by atoms with Gasteiger partial charge in [-0.05, 0) is 72.0 Å². The van der Waals surface area contributed by atoms with Gasteiger partial charge in [0.2, 0.25) is 0 Å². The Morgan fingerprint density at radius 3 is 2.31 bits per heavy atom. The lowest BCUT2D eigenvalue weighted by molar-refractivity contribution is 0.00578. The van der Waals surface area contributed by atoms with Gasteiger partial charge in [0.25, 0.3) is 0 Å². The van der Waals surface area contributed by atoms with Crippen LogP contribution < -0.4 is 5.46 Å². The molecule has 1 aromatic carbocycles. The molecule has 3 rings (SSSR count). The molecular weight excluding hydrogens is 329 g/mol. The molecule has 1 saturated heterocycles. The average Bonchev–Trinajstić information content (AvgIpc) is 2.91. The van der Waals surface area contributed by atoms with Crippen molar-refractivity contribution in [3.63, 3.8) is 0 Å². The Morgan fingerprint density at radius 2 is 1.77 bits per heavy atom. The Morgan fingerprint density at radius 1 is 1.19 bits per heavy atom. The van der Waals surface area contributed by atoms with E-state index < -0.39 is 12.7 Å². The minimum absolute atomic E-state index is 0.00723. The normalized spacial score (nSPS) is 23.9. The first kappa shape index (κ1) is 19.2. The van der Waals surface area contributed by atoms with Gasteiger partial charge in [0.15, 0.2) is 0 Å². The monoisotopic (exact) mass is 359 g/mol. The smallest absolute Gasteiger partial charge is 0.444 e. The lowest BCUT2D eigenvalue weighted by atomic mass is 9.77. The number of ether oxygens (including phenoxy) is 1. The lowest BCUT2D eigenvalue weighted by Crippen LogP contribution is -2.41. The molecule has 5 nitrogen and oxygen atoms in total. The predicted octanol–water partition coefficient (Wildman–Crippen LogP) is 3.80. The standard InChI is InChI=1S/C20H30BNO4/c1-13-16-10-9-15(21-25-19(5,6)20(7,8)26-21)11-14(16)12-22(13)17(23)24-18(2,3)4/h9-11,13H,12H2,1-8H3/t13-/m0/s1. The van der Waals surface area contributed by atoms with Crippen LogP contribution in [-0.2, 0) is 20.6 Å². The van der Waals surface area contributed by atoms with Crippen LogP contribution in [0.4, 0.5) is 4.79 Å². The molecule has 0 aromatic heterocycles. The highest BCUT2D eigenvalue weighted by atomic mass is 16.7. The van der Waals surface area contributed by atoms with Gasteiger partial charge in [0.1, 0.15) is 5.60 Å². The molecule has 0 bridgehead atoms. The number of nitrogens with zero attached hydrogens (tertiary/aromatic N) is 1. The Bertz CT molecular complexity index is 707. The number of carbonyl (C=O) groups excluding carboxylic acids is 1. The van der Waals surface area contributed by atoms with Crippen LogP contribution in [0.2, 0.25) is 0 Å². The maximum Gasteiger partial charge on any atom is 0.494 e. The second-order valence-corrected chi connectivity index (χ2v) is 9.33. The summed E-state index contributed by atoms with van der Waals surface area (Å²) in [5.74, 6) is 0. The third-order valence-corrected chi connectivity index (χ3v) is 5.58. The van der Waals surface area contributed by atoms with Crippen LogP contribution in [0, 0.1) is 0 Å². The summed E-state index contributed by atoms with van der Waals surface area (Å²) in [5, 5.41) is 0. The first-order chi connectivity index (χ1) is 11.8. The van der Waals surface area contributed by atoms with Crippen LogP contribution in [0.1, 0.15) is 72.6 Å². The third kappa shape index (κ3) is 3.37. The second kappa shape index (κ2) is 5.99. The summed E-state index contributed by atoms with van der Waals surface area (Å²) in [4.78, 5) is 14.3. The molecule has 2 aliphatic rings. The summed E-state index contributed by atoms with van der Waals surface area (Å²) < 4.78 is 17.8. The van der Waals surface area contributed by atoms with E-state index in [1.165, 1.54) is 0 Å². The van der Waals surface area contributed by atoms with Gasteiger partial charge in [-0.2, -0.15) is 0 Å². The maximum atomic E-state index is 12.5. The van der Waals surface area contributed by atoms with E-state index >= 15 is 0 Å². The van der Waals surface area contributed by atoms with Crippen molar-refractivity contribution in [1.29, 1.82) is 0 Å².